The fraction of sp³-hybridized carbons (Fsp3) is 0.351. The van der Waals surface area contributed by atoms with Gasteiger partial charge in [0.25, 0.3) is 0 Å². The van der Waals surface area contributed by atoms with Crippen LogP contribution in [0.5, 0.6) is 0 Å². The third-order valence-electron chi connectivity index (χ3n) is 8.44. The number of hydrogen-bond acceptors (Lipinski definition) is 1. The maximum Gasteiger partial charge on any atom is 0.0278 e. The summed E-state index contributed by atoms with van der Waals surface area (Å²) in [6.45, 7) is 1.14. The van der Waals surface area contributed by atoms with E-state index in [0.29, 0.717) is 0 Å². The first-order valence-corrected chi connectivity index (χ1v) is 18.0. The third kappa shape index (κ3) is 9.10. The second-order valence-corrected chi connectivity index (χ2v) is 16.0. The van der Waals surface area contributed by atoms with Crippen molar-refractivity contribution in [2.45, 2.75) is 63.4 Å². The zero-order valence-corrected chi connectivity index (χ0v) is 27.4. The van der Waals surface area contributed by atoms with Crippen LogP contribution in [0.15, 0.2) is 121 Å². The topological polar surface area (TPSA) is 3.24 Å². The molecule has 2 saturated carbocycles. The molecule has 0 spiro atoms. The molecule has 41 heavy (non-hydrogen) atoms. The van der Waals surface area contributed by atoms with Gasteiger partial charge in [-0.3, -0.25) is 4.67 Å². The van der Waals surface area contributed by atoms with E-state index in [4.69, 9.17) is 0 Å². The molecule has 2 atom stereocenters. The predicted octanol–water partition coefficient (Wildman–Crippen LogP) is 8.61. The van der Waals surface area contributed by atoms with Crippen molar-refractivity contribution in [2.75, 3.05) is 13.6 Å². The second kappa shape index (κ2) is 17.4. The van der Waals surface area contributed by atoms with E-state index in [1.807, 2.05) is 0 Å². The van der Waals surface area contributed by atoms with Crippen LogP contribution in [-0.2, 0) is 17.1 Å². The minimum absolute atomic E-state index is 0. The monoisotopic (exact) mass is 621 g/mol. The first kappa shape index (κ1) is 32.1. The quantitative estimate of drug-likeness (QED) is 0.134. The smallest absolute Gasteiger partial charge is 0.0278 e. The standard InChI is InChI=1S/C32H35NP2.C5H10.Fe/c1-33(35(30-20-10-4-11-21-30)31-22-12-5-13-23-31)26-25-27-15-14-24-32(27)34(28-16-6-2-7-17-28)29-18-8-3-9-19-29;1-2-4-5-3-1;/h2-13,16-23,27,32H,14-15,24-26H2,1H3;1-5H2;. The molecule has 2 aliphatic carbocycles. The molecule has 0 saturated heterocycles. The summed E-state index contributed by atoms with van der Waals surface area (Å²) in [6, 6.07) is 44.8. The molecule has 2 fully saturated rings. The molecule has 216 valence electrons. The van der Waals surface area contributed by atoms with Crippen LogP contribution in [0.2, 0.25) is 0 Å². The van der Waals surface area contributed by atoms with Crippen molar-refractivity contribution >= 4 is 37.2 Å². The summed E-state index contributed by atoms with van der Waals surface area (Å²) < 4.78 is 2.64. The summed E-state index contributed by atoms with van der Waals surface area (Å²) >= 11 is 0. The van der Waals surface area contributed by atoms with Gasteiger partial charge in [-0.05, 0) is 67.0 Å². The molecule has 1 nitrogen and oxygen atoms in total. The van der Waals surface area contributed by atoms with Crippen molar-refractivity contribution in [3.63, 3.8) is 0 Å². The van der Waals surface area contributed by atoms with Gasteiger partial charge in [0.15, 0.2) is 0 Å². The Morgan fingerprint density at radius 1 is 0.537 bits per heavy atom. The second-order valence-electron chi connectivity index (χ2n) is 11.2. The Hall–Kier alpha value is -1.78. The summed E-state index contributed by atoms with van der Waals surface area (Å²) in [7, 11) is 1.49. The van der Waals surface area contributed by atoms with Crippen molar-refractivity contribution in [1.29, 1.82) is 0 Å². The SMILES string of the molecule is C1CCCC1.CN(CCC1CCCC1P(c1ccccc1)c1ccccc1)P(c1ccccc1)c1ccccc1.[Fe]. The van der Waals surface area contributed by atoms with E-state index in [-0.39, 0.29) is 25.0 Å². The average Bonchev–Trinajstić information content (AvgIpc) is 3.75. The largest absolute Gasteiger partial charge is 0.278 e. The van der Waals surface area contributed by atoms with Gasteiger partial charge in [0.05, 0.1) is 0 Å². The van der Waals surface area contributed by atoms with E-state index < -0.39 is 8.07 Å². The Kier molecular flexibility index (Phi) is 13.6. The third-order valence-corrected chi connectivity index (χ3v) is 13.9. The fourth-order valence-corrected chi connectivity index (χ4v) is 11.9. The van der Waals surface area contributed by atoms with Crippen LogP contribution in [-0.4, -0.2) is 23.9 Å². The predicted molar refractivity (Wildman–Crippen MR) is 180 cm³/mol. The Morgan fingerprint density at radius 3 is 1.34 bits per heavy atom. The molecule has 4 aromatic rings. The maximum atomic E-state index is 2.64. The zero-order chi connectivity index (χ0) is 27.4. The van der Waals surface area contributed by atoms with E-state index in [9.17, 15) is 0 Å². The molecule has 0 amide bonds. The molecule has 6 rings (SSSR count). The van der Waals surface area contributed by atoms with Crippen LogP contribution in [0, 0.1) is 5.92 Å². The Bertz CT molecular complexity index is 1150. The maximum absolute atomic E-state index is 2.64. The summed E-state index contributed by atoms with van der Waals surface area (Å²) in [5, 5.41) is 5.95. The fourth-order valence-electron chi connectivity index (χ4n) is 6.42. The zero-order valence-electron chi connectivity index (χ0n) is 24.5. The average molecular weight is 622 g/mol. The molecule has 0 bridgehead atoms. The Balaban J connectivity index is 0.000000584. The van der Waals surface area contributed by atoms with Crippen LogP contribution >= 0.6 is 16.0 Å². The first-order valence-electron chi connectivity index (χ1n) is 15.3. The van der Waals surface area contributed by atoms with Gasteiger partial charge in [-0.25, -0.2) is 0 Å². The molecule has 0 aromatic heterocycles. The summed E-state index contributed by atoms with van der Waals surface area (Å²) in [6.07, 6.45) is 12.9. The Morgan fingerprint density at radius 2 is 0.927 bits per heavy atom. The van der Waals surface area contributed by atoms with Crippen LogP contribution in [0.3, 0.4) is 0 Å². The van der Waals surface area contributed by atoms with Crippen LogP contribution in [0.1, 0.15) is 57.8 Å². The molecule has 0 N–H and O–H groups in total. The van der Waals surface area contributed by atoms with E-state index >= 15 is 0 Å². The minimum atomic E-state index is -0.511. The van der Waals surface area contributed by atoms with Gasteiger partial charge in [0.2, 0.25) is 0 Å². The molecule has 2 unspecified atom stereocenters. The summed E-state index contributed by atoms with van der Waals surface area (Å²) in [4.78, 5) is 0. The number of rotatable bonds is 9. The molecular formula is C37H45FeNP2. The van der Waals surface area contributed by atoms with Gasteiger partial charge >= 0.3 is 0 Å². The van der Waals surface area contributed by atoms with Gasteiger partial charge in [-0.15, -0.1) is 0 Å². The van der Waals surface area contributed by atoms with Crippen molar-refractivity contribution < 1.29 is 17.1 Å². The number of hydrogen-bond donors (Lipinski definition) is 0. The van der Waals surface area contributed by atoms with Crippen LogP contribution < -0.4 is 21.2 Å². The van der Waals surface area contributed by atoms with Crippen molar-refractivity contribution in [2.24, 2.45) is 5.92 Å². The van der Waals surface area contributed by atoms with Crippen LogP contribution in [0.4, 0.5) is 0 Å². The van der Waals surface area contributed by atoms with Gasteiger partial charge in [-0.1, -0.05) is 160 Å². The van der Waals surface area contributed by atoms with E-state index in [1.165, 1.54) is 79.0 Å². The van der Waals surface area contributed by atoms with Crippen molar-refractivity contribution in [1.82, 2.24) is 4.67 Å². The van der Waals surface area contributed by atoms with Gasteiger partial charge < -0.3 is 0 Å². The van der Waals surface area contributed by atoms with Crippen molar-refractivity contribution in [3.05, 3.63) is 121 Å². The minimum Gasteiger partial charge on any atom is -0.278 e. The van der Waals surface area contributed by atoms with Gasteiger partial charge in [0.1, 0.15) is 0 Å². The molecule has 4 heteroatoms. The molecule has 0 heterocycles. The van der Waals surface area contributed by atoms with E-state index in [0.717, 1.165) is 18.1 Å². The van der Waals surface area contributed by atoms with Crippen LogP contribution in [0.25, 0.3) is 0 Å². The van der Waals surface area contributed by atoms with Crippen molar-refractivity contribution in [3.8, 4) is 0 Å². The summed E-state index contributed by atoms with van der Waals surface area (Å²) in [5.41, 5.74) is 0.767. The molecule has 2 aliphatic rings. The first-order chi connectivity index (χ1) is 19.8. The number of nitrogens with zero attached hydrogens (tertiary/aromatic N) is 1. The van der Waals surface area contributed by atoms with Gasteiger partial charge in [0, 0.05) is 31.7 Å². The van der Waals surface area contributed by atoms with E-state index in [1.54, 1.807) is 0 Å². The Labute approximate surface area is 262 Å². The van der Waals surface area contributed by atoms with E-state index in [2.05, 4.69) is 133 Å². The normalized spacial score (nSPS) is 18.2. The molecular weight excluding hydrogens is 576 g/mol. The summed E-state index contributed by atoms with van der Waals surface area (Å²) in [5.74, 6) is 0.785. The molecule has 0 radical (unpaired) electrons. The number of benzene rings is 4. The molecule has 4 aromatic carbocycles. The van der Waals surface area contributed by atoms with Gasteiger partial charge in [-0.2, -0.15) is 0 Å². The molecule has 0 aliphatic heterocycles.